The largest absolute Gasteiger partial charge is 0.329 e. The molecule has 0 radical (unpaired) electrons. The lowest BCUT2D eigenvalue weighted by molar-refractivity contribution is -0.384. The molecule has 0 spiro atoms. The predicted octanol–water partition coefficient (Wildman–Crippen LogP) is 0.357. The minimum Gasteiger partial charge on any atom is -0.329 e. The Morgan fingerprint density at radius 2 is 1.61 bits per heavy atom. The molecule has 0 heterocycles. The molecule has 100 valence electrons. The van der Waals surface area contributed by atoms with Gasteiger partial charge in [0, 0.05) is 44.9 Å². The molecule has 0 aliphatic carbocycles. The Labute approximate surface area is 107 Å². The maximum absolute atomic E-state index is 10.5. The second kappa shape index (κ2) is 7.75. The molecule has 1 aromatic rings. The molecule has 4 N–H and O–H groups in total. The van der Waals surface area contributed by atoms with E-state index in [4.69, 9.17) is 11.5 Å². The van der Waals surface area contributed by atoms with E-state index in [1.807, 2.05) is 0 Å². The highest BCUT2D eigenvalue weighted by Gasteiger charge is 2.06. The fraction of sp³-hybridized carbons (Fsp3) is 0.500. The van der Waals surface area contributed by atoms with Crippen molar-refractivity contribution < 1.29 is 4.92 Å². The average Bonchev–Trinajstić information content (AvgIpc) is 2.37. The van der Waals surface area contributed by atoms with Gasteiger partial charge in [-0.25, -0.2) is 0 Å². The van der Waals surface area contributed by atoms with E-state index >= 15 is 0 Å². The highest BCUT2D eigenvalue weighted by atomic mass is 16.6. The zero-order valence-corrected chi connectivity index (χ0v) is 10.4. The summed E-state index contributed by atoms with van der Waals surface area (Å²) in [6.45, 7) is 3.74. The zero-order valence-electron chi connectivity index (χ0n) is 10.4. The van der Waals surface area contributed by atoms with Gasteiger partial charge in [-0.1, -0.05) is 12.1 Å². The van der Waals surface area contributed by atoms with E-state index in [2.05, 4.69) is 4.90 Å². The van der Waals surface area contributed by atoms with E-state index in [1.165, 1.54) is 12.1 Å². The second-order valence-electron chi connectivity index (χ2n) is 4.09. The van der Waals surface area contributed by atoms with Crippen molar-refractivity contribution >= 4 is 5.69 Å². The van der Waals surface area contributed by atoms with E-state index in [1.54, 1.807) is 12.1 Å². The first-order chi connectivity index (χ1) is 8.67. The van der Waals surface area contributed by atoms with E-state index in [9.17, 15) is 10.1 Å². The van der Waals surface area contributed by atoms with Crippen molar-refractivity contribution in [2.75, 3.05) is 32.7 Å². The van der Waals surface area contributed by atoms with E-state index in [0.717, 1.165) is 31.6 Å². The summed E-state index contributed by atoms with van der Waals surface area (Å²) in [5.74, 6) is 0. The van der Waals surface area contributed by atoms with Gasteiger partial charge in [-0.05, 0) is 12.0 Å². The van der Waals surface area contributed by atoms with Crippen LogP contribution in [0.25, 0.3) is 0 Å². The lowest BCUT2D eigenvalue weighted by atomic mass is 10.1. The maximum atomic E-state index is 10.5. The first-order valence-electron chi connectivity index (χ1n) is 6.03. The van der Waals surface area contributed by atoms with Crippen LogP contribution in [-0.2, 0) is 6.42 Å². The molecule has 0 aliphatic rings. The van der Waals surface area contributed by atoms with Crippen LogP contribution >= 0.6 is 0 Å². The van der Waals surface area contributed by atoms with Gasteiger partial charge in [-0.3, -0.25) is 10.1 Å². The highest BCUT2D eigenvalue weighted by Crippen LogP contribution is 2.12. The van der Waals surface area contributed by atoms with Gasteiger partial charge >= 0.3 is 0 Å². The molecule has 0 bridgehead atoms. The summed E-state index contributed by atoms with van der Waals surface area (Å²) in [5, 5.41) is 10.5. The van der Waals surface area contributed by atoms with Crippen LogP contribution in [0.15, 0.2) is 24.3 Å². The number of non-ortho nitro benzene ring substituents is 1. The highest BCUT2D eigenvalue weighted by molar-refractivity contribution is 5.32. The number of hydrogen-bond donors (Lipinski definition) is 2. The summed E-state index contributed by atoms with van der Waals surface area (Å²) in [5.41, 5.74) is 12.3. The molecule has 6 nitrogen and oxygen atoms in total. The second-order valence-corrected chi connectivity index (χ2v) is 4.09. The smallest absolute Gasteiger partial charge is 0.269 e. The summed E-state index contributed by atoms with van der Waals surface area (Å²) in [6.07, 6.45) is 0.845. The van der Waals surface area contributed by atoms with Crippen LogP contribution in [0, 0.1) is 10.1 Å². The van der Waals surface area contributed by atoms with Crippen molar-refractivity contribution in [3.8, 4) is 0 Å². The Morgan fingerprint density at radius 3 is 2.06 bits per heavy atom. The summed E-state index contributed by atoms with van der Waals surface area (Å²) >= 11 is 0. The lowest BCUT2D eigenvalue weighted by Crippen LogP contribution is -2.35. The van der Waals surface area contributed by atoms with Crippen molar-refractivity contribution in [3.05, 3.63) is 39.9 Å². The quantitative estimate of drug-likeness (QED) is 0.514. The van der Waals surface area contributed by atoms with Gasteiger partial charge in [0.1, 0.15) is 0 Å². The van der Waals surface area contributed by atoms with Crippen molar-refractivity contribution in [2.24, 2.45) is 11.5 Å². The molecule has 0 unspecified atom stereocenters. The van der Waals surface area contributed by atoms with Gasteiger partial charge in [0.05, 0.1) is 4.92 Å². The molecule has 0 amide bonds. The Hall–Kier alpha value is -1.50. The number of nitrogens with zero attached hydrogens (tertiary/aromatic N) is 2. The summed E-state index contributed by atoms with van der Waals surface area (Å²) < 4.78 is 0. The van der Waals surface area contributed by atoms with Crippen molar-refractivity contribution in [1.29, 1.82) is 0 Å². The zero-order chi connectivity index (χ0) is 13.4. The summed E-state index contributed by atoms with van der Waals surface area (Å²) in [7, 11) is 0. The van der Waals surface area contributed by atoms with Gasteiger partial charge in [-0.2, -0.15) is 0 Å². The Morgan fingerprint density at radius 1 is 1.06 bits per heavy atom. The molecular weight excluding hydrogens is 232 g/mol. The van der Waals surface area contributed by atoms with Crippen molar-refractivity contribution in [2.45, 2.75) is 6.42 Å². The maximum Gasteiger partial charge on any atom is 0.269 e. The SMILES string of the molecule is NCCN(CCN)CCc1ccc([N+](=O)[O-])cc1. The van der Waals surface area contributed by atoms with Crippen LogP contribution in [0.1, 0.15) is 5.56 Å². The first-order valence-corrected chi connectivity index (χ1v) is 6.03. The number of nitro groups is 1. The Kier molecular flexibility index (Phi) is 6.27. The number of nitrogens with two attached hydrogens (primary N) is 2. The van der Waals surface area contributed by atoms with Crippen LogP contribution in [0.2, 0.25) is 0 Å². The van der Waals surface area contributed by atoms with Gasteiger partial charge in [0.25, 0.3) is 5.69 Å². The molecule has 18 heavy (non-hydrogen) atoms. The van der Waals surface area contributed by atoms with Crippen molar-refractivity contribution in [1.82, 2.24) is 4.90 Å². The standard InChI is InChI=1S/C12H20N4O2/c13-6-9-15(10-7-14)8-5-11-1-3-12(4-2-11)16(17)18/h1-4H,5-10,13-14H2. The van der Waals surface area contributed by atoms with Crippen LogP contribution in [-0.4, -0.2) is 42.5 Å². The fourth-order valence-electron chi connectivity index (χ4n) is 1.77. The van der Waals surface area contributed by atoms with Gasteiger partial charge < -0.3 is 16.4 Å². The first kappa shape index (κ1) is 14.6. The fourth-order valence-corrected chi connectivity index (χ4v) is 1.77. The van der Waals surface area contributed by atoms with Crippen LogP contribution < -0.4 is 11.5 Å². The molecule has 0 saturated heterocycles. The molecule has 1 rings (SSSR count). The number of hydrogen-bond acceptors (Lipinski definition) is 5. The lowest BCUT2D eigenvalue weighted by Gasteiger charge is -2.20. The van der Waals surface area contributed by atoms with Crippen LogP contribution in [0.3, 0.4) is 0 Å². The molecule has 0 fully saturated rings. The summed E-state index contributed by atoms with van der Waals surface area (Å²) in [6, 6.07) is 6.65. The van der Waals surface area contributed by atoms with E-state index in [0.29, 0.717) is 13.1 Å². The Balaban J connectivity index is 2.48. The molecule has 1 aromatic carbocycles. The number of rotatable bonds is 8. The third-order valence-corrected chi connectivity index (χ3v) is 2.75. The Bertz CT molecular complexity index is 361. The molecular formula is C12H20N4O2. The van der Waals surface area contributed by atoms with Gasteiger partial charge in [0.15, 0.2) is 0 Å². The molecule has 0 aliphatic heterocycles. The molecule has 0 aromatic heterocycles. The topological polar surface area (TPSA) is 98.4 Å². The number of benzene rings is 1. The van der Waals surface area contributed by atoms with Crippen molar-refractivity contribution in [3.63, 3.8) is 0 Å². The van der Waals surface area contributed by atoms with E-state index < -0.39 is 0 Å². The summed E-state index contributed by atoms with van der Waals surface area (Å²) in [4.78, 5) is 12.3. The number of nitro benzene ring substituents is 1. The molecule has 0 saturated carbocycles. The third-order valence-electron chi connectivity index (χ3n) is 2.75. The predicted molar refractivity (Wildman–Crippen MR) is 71.3 cm³/mol. The monoisotopic (exact) mass is 252 g/mol. The van der Waals surface area contributed by atoms with E-state index in [-0.39, 0.29) is 10.6 Å². The van der Waals surface area contributed by atoms with Gasteiger partial charge in [-0.15, -0.1) is 0 Å². The van der Waals surface area contributed by atoms with Crippen LogP contribution in [0.5, 0.6) is 0 Å². The normalized spacial score (nSPS) is 10.8. The van der Waals surface area contributed by atoms with Gasteiger partial charge in [0.2, 0.25) is 0 Å². The third kappa shape index (κ3) is 4.79. The minimum absolute atomic E-state index is 0.125. The minimum atomic E-state index is -0.390. The average molecular weight is 252 g/mol. The van der Waals surface area contributed by atoms with Crippen LogP contribution in [0.4, 0.5) is 5.69 Å². The molecule has 0 atom stereocenters. The molecule has 6 heteroatoms.